The highest BCUT2D eigenvalue weighted by molar-refractivity contribution is 5.49. The average Bonchev–Trinajstić information content (AvgIpc) is 2.87. The van der Waals surface area contributed by atoms with Gasteiger partial charge in [0.1, 0.15) is 17.5 Å². The first-order chi connectivity index (χ1) is 8.76. The molecule has 2 rings (SSSR count). The standard InChI is InChI=1S/C12H21N5O/c1-2-10-14-11(16-13)7-12(15-10)17-5-3-9(8-17)4-6-18/h7,9,18H,2-6,8,13H2,1H3,(H,14,15,16). The highest BCUT2D eigenvalue weighted by Crippen LogP contribution is 2.25. The van der Waals surface area contributed by atoms with Crippen LogP contribution in [0.1, 0.15) is 25.6 Å². The van der Waals surface area contributed by atoms with E-state index in [9.17, 15) is 0 Å². The van der Waals surface area contributed by atoms with Gasteiger partial charge in [-0.2, -0.15) is 0 Å². The van der Waals surface area contributed by atoms with Crippen molar-refractivity contribution in [3.8, 4) is 0 Å². The number of aliphatic hydroxyl groups is 1. The predicted octanol–water partition coefficient (Wildman–Crippen LogP) is 0.533. The summed E-state index contributed by atoms with van der Waals surface area (Å²) in [5.41, 5.74) is 2.58. The fraction of sp³-hybridized carbons (Fsp3) is 0.667. The topological polar surface area (TPSA) is 87.3 Å². The third-order valence-electron chi connectivity index (χ3n) is 3.37. The summed E-state index contributed by atoms with van der Waals surface area (Å²) < 4.78 is 0. The zero-order chi connectivity index (χ0) is 13.0. The van der Waals surface area contributed by atoms with Crippen LogP contribution in [0.25, 0.3) is 0 Å². The molecular formula is C12H21N5O. The molecule has 0 aromatic carbocycles. The van der Waals surface area contributed by atoms with Crippen LogP contribution in [0.2, 0.25) is 0 Å². The Hall–Kier alpha value is -1.40. The lowest BCUT2D eigenvalue weighted by Crippen LogP contribution is -2.22. The molecule has 4 N–H and O–H groups in total. The van der Waals surface area contributed by atoms with Gasteiger partial charge in [0.25, 0.3) is 0 Å². The largest absolute Gasteiger partial charge is 0.396 e. The quantitative estimate of drug-likeness (QED) is 0.523. The van der Waals surface area contributed by atoms with Crippen LogP contribution in [0.5, 0.6) is 0 Å². The number of nitrogens with two attached hydrogens (primary N) is 1. The maximum atomic E-state index is 8.98. The minimum absolute atomic E-state index is 0.262. The molecule has 0 radical (unpaired) electrons. The number of rotatable bonds is 5. The first-order valence-corrected chi connectivity index (χ1v) is 6.47. The summed E-state index contributed by atoms with van der Waals surface area (Å²) in [6.07, 6.45) is 2.76. The van der Waals surface area contributed by atoms with Gasteiger partial charge in [-0.05, 0) is 18.8 Å². The van der Waals surface area contributed by atoms with Gasteiger partial charge in [-0.3, -0.25) is 0 Å². The van der Waals surface area contributed by atoms with E-state index in [2.05, 4.69) is 20.3 Å². The van der Waals surface area contributed by atoms with Crippen molar-refractivity contribution in [3.05, 3.63) is 11.9 Å². The van der Waals surface area contributed by atoms with Crippen molar-refractivity contribution in [2.75, 3.05) is 30.0 Å². The number of aliphatic hydroxyl groups excluding tert-OH is 1. The molecule has 6 nitrogen and oxygen atoms in total. The van der Waals surface area contributed by atoms with E-state index in [-0.39, 0.29) is 6.61 Å². The van der Waals surface area contributed by atoms with Crippen LogP contribution in [0, 0.1) is 5.92 Å². The molecule has 1 aromatic heterocycles. The van der Waals surface area contributed by atoms with E-state index < -0.39 is 0 Å². The van der Waals surface area contributed by atoms with Crippen LogP contribution < -0.4 is 16.2 Å². The van der Waals surface area contributed by atoms with Crippen LogP contribution >= 0.6 is 0 Å². The van der Waals surface area contributed by atoms with Crippen LogP contribution in [0.4, 0.5) is 11.6 Å². The Morgan fingerprint density at radius 2 is 2.39 bits per heavy atom. The third-order valence-corrected chi connectivity index (χ3v) is 3.37. The maximum Gasteiger partial charge on any atom is 0.145 e. The molecule has 0 aliphatic carbocycles. The van der Waals surface area contributed by atoms with Crippen LogP contribution in [0.3, 0.4) is 0 Å². The number of aryl methyl sites for hydroxylation is 1. The number of nitrogen functional groups attached to an aromatic ring is 1. The summed E-state index contributed by atoms with van der Waals surface area (Å²) in [6.45, 7) is 4.22. The summed E-state index contributed by atoms with van der Waals surface area (Å²) >= 11 is 0. The summed E-state index contributed by atoms with van der Waals surface area (Å²) in [6, 6.07) is 1.88. The number of nitrogens with zero attached hydrogens (tertiary/aromatic N) is 3. The molecule has 100 valence electrons. The fourth-order valence-electron chi connectivity index (χ4n) is 2.34. The van der Waals surface area contributed by atoms with Crippen molar-refractivity contribution in [2.24, 2.45) is 11.8 Å². The van der Waals surface area contributed by atoms with Gasteiger partial charge in [0, 0.05) is 32.2 Å². The summed E-state index contributed by atoms with van der Waals surface area (Å²) in [7, 11) is 0. The Kier molecular flexibility index (Phi) is 4.33. The van der Waals surface area contributed by atoms with Crippen LogP contribution in [-0.4, -0.2) is 34.8 Å². The molecule has 0 bridgehead atoms. The van der Waals surface area contributed by atoms with Gasteiger partial charge in [0.15, 0.2) is 0 Å². The molecule has 0 spiro atoms. The van der Waals surface area contributed by atoms with Crippen molar-refractivity contribution in [2.45, 2.75) is 26.2 Å². The summed E-state index contributed by atoms with van der Waals surface area (Å²) in [5.74, 6) is 8.36. The van der Waals surface area contributed by atoms with E-state index in [1.165, 1.54) is 0 Å². The number of nitrogens with one attached hydrogen (secondary N) is 1. The third kappa shape index (κ3) is 2.88. The molecule has 1 unspecified atom stereocenters. The Morgan fingerprint density at radius 1 is 1.56 bits per heavy atom. The molecule has 0 saturated carbocycles. The van der Waals surface area contributed by atoms with E-state index in [1.807, 2.05) is 13.0 Å². The molecule has 1 fully saturated rings. The second-order valence-electron chi connectivity index (χ2n) is 4.64. The van der Waals surface area contributed by atoms with Crippen molar-refractivity contribution < 1.29 is 5.11 Å². The molecule has 1 aliphatic heterocycles. The van der Waals surface area contributed by atoms with Crippen molar-refractivity contribution in [1.29, 1.82) is 0 Å². The number of hydrogen-bond acceptors (Lipinski definition) is 6. The lowest BCUT2D eigenvalue weighted by Gasteiger charge is -2.18. The first-order valence-electron chi connectivity index (χ1n) is 6.47. The summed E-state index contributed by atoms with van der Waals surface area (Å²) in [5, 5.41) is 8.98. The normalized spacial score (nSPS) is 19.3. The van der Waals surface area contributed by atoms with Gasteiger partial charge >= 0.3 is 0 Å². The smallest absolute Gasteiger partial charge is 0.145 e. The van der Waals surface area contributed by atoms with Gasteiger partial charge in [-0.15, -0.1) is 0 Å². The van der Waals surface area contributed by atoms with Crippen molar-refractivity contribution in [1.82, 2.24) is 9.97 Å². The minimum atomic E-state index is 0.262. The second-order valence-corrected chi connectivity index (χ2v) is 4.64. The highest BCUT2D eigenvalue weighted by atomic mass is 16.3. The van der Waals surface area contributed by atoms with E-state index in [4.69, 9.17) is 10.9 Å². The van der Waals surface area contributed by atoms with Gasteiger partial charge in [0.05, 0.1) is 0 Å². The van der Waals surface area contributed by atoms with Gasteiger partial charge in [-0.1, -0.05) is 6.92 Å². The lowest BCUT2D eigenvalue weighted by atomic mass is 10.1. The maximum absolute atomic E-state index is 8.98. The van der Waals surface area contributed by atoms with Gasteiger partial charge in [-0.25, -0.2) is 15.8 Å². The van der Waals surface area contributed by atoms with E-state index >= 15 is 0 Å². The molecule has 1 aliphatic rings. The van der Waals surface area contributed by atoms with Crippen molar-refractivity contribution in [3.63, 3.8) is 0 Å². The second kappa shape index (κ2) is 5.97. The van der Waals surface area contributed by atoms with Gasteiger partial charge in [0.2, 0.25) is 0 Å². The Labute approximate surface area is 107 Å². The van der Waals surface area contributed by atoms with E-state index in [0.29, 0.717) is 11.7 Å². The number of hydrogen-bond donors (Lipinski definition) is 3. The van der Waals surface area contributed by atoms with Crippen molar-refractivity contribution >= 4 is 11.6 Å². The van der Waals surface area contributed by atoms with Crippen LogP contribution in [0.15, 0.2) is 6.07 Å². The Morgan fingerprint density at radius 3 is 3.06 bits per heavy atom. The van der Waals surface area contributed by atoms with E-state index in [0.717, 1.165) is 44.0 Å². The zero-order valence-electron chi connectivity index (χ0n) is 10.8. The molecule has 1 aromatic rings. The Balaban J connectivity index is 2.13. The molecule has 18 heavy (non-hydrogen) atoms. The zero-order valence-corrected chi connectivity index (χ0v) is 10.8. The molecule has 0 amide bonds. The monoisotopic (exact) mass is 251 g/mol. The summed E-state index contributed by atoms with van der Waals surface area (Å²) in [4.78, 5) is 11.1. The fourth-order valence-corrected chi connectivity index (χ4v) is 2.34. The number of aromatic nitrogens is 2. The molecule has 6 heteroatoms. The molecule has 2 heterocycles. The average molecular weight is 251 g/mol. The predicted molar refractivity (Wildman–Crippen MR) is 71.2 cm³/mol. The van der Waals surface area contributed by atoms with E-state index in [1.54, 1.807) is 0 Å². The SMILES string of the molecule is CCc1nc(NN)cc(N2CCC(CCO)C2)n1. The van der Waals surface area contributed by atoms with Gasteiger partial charge < -0.3 is 15.4 Å². The molecule has 1 saturated heterocycles. The molecular weight excluding hydrogens is 230 g/mol. The molecule has 1 atom stereocenters. The highest BCUT2D eigenvalue weighted by Gasteiger charge is 2.23. The number of anilines is 2. The first kappa shape index (κ1) is 13.0. The van der Waals surface area contributed by atoms with Crippen LogP contribution in [-0.2, 0) is 6.42 Å². The minimum Gasteiger partial charge on any atom is -0.396 e. The lowest BCUT2D eigenvalue weighted by molar-refractivity contribution is 0.263. The Bertz CT molecular complexity index is 376. The number of hydrazine groups is 1.